The second-order valence-corrected chi connectivity index (χ2v) is 4.27. The van der Waals surface area contributed by atoms with Gasteiger partial charge in [0.05, 0.1) is 0 Å². The number of benzene rings is 1. The van der Waals surface area contributed by atoms with Crippen LogP contribution in [0.2, 0.25) is 5.02 Å². The molecule has 1 unspecified atom stereocenters. The maximum Gasteiger partial charge on any atom is 0.0438 e. The third-order valence-corrected chi connectivity index (χ3v) is 2.86. The van der Waals surface area contributed by atoms with E-state index in [2.05, 4.69) is 13.5 Å². The van der Waals surface area contributed by atoms with Crippen molar-refractivity contribution in [3.8, 4) is 0 Å². The Hall–Kier alpha value is -0.790. The summed E-state index contributed by atoms with van der Waals surface area (Å²) in [5.41, 5.74) is 8.36. The number of hydrogen-bond donors (Lipinski definition) is 1. The number of halogens is 1. The van der Waals surface area contributed by atoms with Crippen molar-refractivity contribution in [1.29, 1.82) is 0 Å². The van der Waals surface area contributed by atoms with Crippen molar-refractivity contribution in [2.24, 2.45) is 5.73 Å². The monoisotopic (exact) mass is 223 g/mol. The van der Waals surface area contributed by atoms with Crippen molar-refractivity contribution >= 4 is 11.6 Å². The lowest BCUT2D eigenvalue weighted by Gasteiger charge is -2.13. The Balaban J connectivity index is 2.55. The molecule has 1 nitrogen and oxygen atoms in total. The molecule has 0 spiro atoms. The van der Waals surface area contributed by atoms with Crippen molar-refractivity contribution < 1.29 is 0 Å². The summed E-state index contributed by atoms with van der Waals surface area (Å²) >= 11 is 6.06. The SMILES string of the molecule is C=C(CC)CC(N)Cc1ccccc1Cl. The van der Waals surface area contributed by atoms with Crippen LogP contribution in [0.3, 0.4) is 0 Å². The molecule has 0 bridgehead atoms. The largest absolute Gasteiger partial charge is 0.327 e. The summed E-state index contributed by atoms with van der Waals surface area (Å²) in [6.45, 7) is 6.07. The number of hydrogen-bond acceptors (Lipinski definition) is 1. The minimum atomic E-state index is 0.123. The maximum absolute atomic E-state index is 6.06. The molecule has 1 aromatic rings. The second-order valence-electron chi connectivity index (χ2n) is 3.86. The van der Waals surface area contributed by atoms with Crippen LogP contribution >= 0.6 is 11.6 Å². The molecule has 2 heteroatoms. The second kappa shape index (κ2) is 5.94. The third kappa shape index (κ3) is 4.06. The lowest BCUT2D eigenvalue weighted by molar-refractivity contribution is 0.651. The molecule has 0 amide bonds. The van der Waals surface area contributed by atoms with E-state index in [1.165, 1.54) is 5.57 Å². The van der Waals surface area contributed by atoms with Crippen molar-refractivity contribution in [3.05, 3.63) is 47.0 Å². The van der Waals surface area contributed by atoms with Gasteiger partial charge < -0.3 is 5.73 Å². The Kier molecular flexibility index (Phi) is 4.86. The van der Waals surface area contributed by atoms with Gasteiger partial charge in [-0.05, 0) is 30.9 Å². The molecule has 0 aliphatic carbocycles. The van der Waals surface area contributed by atoms with Crippen molar-refractivity contribution in [2.45, 2.75) is 32.2 Å². The van der Waals surface area contributed by atoms with E-state index >= 15 is 0 Å². The van der Waals surface area contributed by atoms with Crippen LogP contribution < -0.4 is 5.73 Å². The molecule has 0 aliphatic rings. The summed E-state index contributed by atoms with van der Waals surface area (Å²) in [5.74, 6) is 0. The Morgan fingerprint density at radius 2 is 2.13 bits per heavy atom. The molecule has 1 aromatic carbocycles. The molecule has 0 radical (unpaired) electrons. The summed E-state index contributed by atoms with van der Waals surface area (Å²) in [4.78, 5) is 0. The Bertz CT molecular complexity index is 333. The number of rotatable bonds is 5. The zero-order chi connectivity index (χ0) is 11.3. The summed E-state index contributed by atoms with van der Waals surface area (Å²) < 4.78 is 0. The van der Waals surface area contributed by atoms with Gasteiger partial charge in [0.15, 0.2) is 0 Å². The highest BCUT2D eigenvalue weighted by Crippen LogP contribution is 2.18. The molecular weight excluding hydrogens is 206 g/mol. The molecule has 1 rings (SSSR count). The van der Waals surface area contributed by atoms with Gasteiger partial charge in [-0.25, -0.2) is 0 Å². The summed E-state index contributed by atoms with van der Waals surface area (Å²) in [5, 5.41) is 0.801. The Morgan fingerprint density at radius 3 is 2.73 bits per heavy atom. The minimum Gasteiger partial charge on any atom is -0.327 e. The molecule has 0 saturated heterocycles. The lowest BCUT2D eigenvalue weighted by atomic mass is 9.99. The number of nitrogens with two attached hydrogens (primary N) is 1. The van der Waals surface area contributed by atoms with E-state index in [0.29, 0.717) is 0 Å². The standard InChI is InChI=1S/C13H18ClN/c1-3-10(2)8-12(15)9-11-6-4-5-7-13(11)14/h4-7,12H,2-3,8-9,15H2,1H3. The lowest BCUT2D eigenvalue weighted by Crippen LogP contribution is -2.23. The van der Waals surface area contributed by atoms with Gasteiger partial charge in [0.2, 0.25) is 0 Å². The van der Waals surface area contributed by atoms with E-state index in [-0.39, 0.29) is 6.04 Å². The van der Waals surface area contributed by atoms with E-state index in [0.717, 1.165) is 29.8 Å². The van der Waals surface area contributed by atoms with Gasteiger partial charge in [0.1, 0.15) is 0 Å². The molecule has 2 N–H and O–H groups in total. The van der Waals surface area contributed by atoms with Crippen molar-refractivity contribution in [2.75, 3.05) is 0 Å². The molecule has 0 aliphatic heterocycles. The smallest absolute Gasteiger partial charge is 0.0438 e. The Morgan fingerprint density at radius 1 is 1.47 bits per heavy atom. The highest BCUT2D eigenvalue weighted by Gasteiger charge is 2.07. The van der Waals surface area contributed by atoms with Gasteiger partial charge in [-0.15, -0.1) is 0 Å². The molecule has 0 fully saturated rings. The fourth-order valence-corrected chi connectivity index (χ4v) is 1.75. The highest BCUT2D eigenvalue weighted by molar-refractivity contribution is 6.31. The minimum absolute atomic E-state index is 0.123. The molecule has 0 heterocycles. The summed E-state index contributed by atoms with van der Waals surface area (Å²) in [6.07, 6.45) is 2.69. The topological polar surface area (TPSA) is 26.0 Å². The first kappa shape index (κ1) is 12.3. The fourth-order valence-electron chi connectivity index (χ4n) is 1.53. The maximum atomic E-state index is 6.06. The fraction of sp³-hybridized carbons (Fsp3) is 0.385. The van der Waals surface area contributed by atoms with E-state index in [1.54, 1.807) is 0 Å². The molecule has 0 aromatic heterocycles. The molecule has 1 atom stereocenters. The predicted octanol–water partition coefficient (Wildman–Crippen LogP) is 3.57. The van der Waals surface area contributed by atoms with Gasteiger partial charge in [-0.3, -0.25) is 0 Å². The van der Waals surface area contributed by atoms with Crippen LogP contribution in [-0.2, 0) is 6.42 Å². The normalized spacial score (nSPS) is 12.5. The first-order valence-corrected chi connectivity index (χ1v) is 5.67. The average molecular weight is 224 g/mol. The molecule has 82 valence electrons. The zero-order valence-corrected chi connectivity index (χ0v) is 9.93. The van der Waals surface area contributed by atoms with Crippen LogP contribution in [0.15, 0.2) is 36.4 Å². The van der Waals surface area contributed by atoms with Crippen molar-refractivity contribution in [3.63, 3.8) is 0 Å². The molecular formula is C13H18ClN. The average Bonchev–Trinajstić information content (AvgIpc) is 2.21. The highest BCUT2D eigenvalue weighted by atomic mass is 35.5. The predicted molar refractivity (Wildman–Crippen MR) is 67.2 cm³/mol. The van der Waals surface area contributed by atoms with Crippen LogP contribution in [0.5, 0.6) is 0 Å². The van der Waals surface area contributed by atoms with Crippen LogP contribution in [0.1, 0.15) is 25.3 Å². The molecule has 0 saturated carbocycles. The summed E-state index contributed by atoms with van der Waals surface area (Å²) in [6, 6.07) is 7.97. The van der Waals surface area contributed by atoms with Crippen molar-refractivity contribution in [1.82, 2.24) is 0 Å². The zero-order valence-electron chi connectivity index (χ0n) is 9.17. The first-order valence-electron chi connectivity index (χ1n) is 5.29. The van der Waals surface area contributed by atoms with Crippen LogP contribution in [-0.4, -0.2) is 6.04 Å². The van der Waals surface area contributed by atoms with E-state index in [4.69, 9.17) is 17.3 Å². The van der Waals surface area contributed by atoms with Crippen LogP contribution in [0.25, 0.3) is 0 Å². The summed E-state index contributed by atoms with van der Waals surface area (Å²) in [7, 11) is 0. The van der Waals surface area contributed by atoms with Gasteiger partial charge in [-0.2, -0.15) is 0 Å². The Labute approximate surface area is 96.9 Å². The molecule has 15 heavy (non-hydrogen) atoms. The third-order valence-electron chi connectivity index (χ3n) is 2.49. The van der Waals surface area contributed by atoms with Crippen LogP contribution in [0, 0.1) is 0 Å². The van der Waals surface area contributed by atoms with E-state index in [1.807, 2.05) is 24.3 Å². The van der Waals surface area contributed by atoms with Gasteiger partial charge in [0.25, 0.3) is 0 Å². The van der Waals surface area contributed by atoms with E-state index in [9.17, 15) is 0 Å². The van der Waals surface area contributed by atoms with Gasteiger partial charge in [-0.1, -0.05) is 48.9 Å². The first-order chi connectivity index (χ1) is 7.13. The van der Waals surface area contributed by atoms with Gasteiger partial charge in [0, 0.05) is 11.1 Å². The van der Waals surface area contributed by atoms with E-state index < -0.39 is 0 Å². The van der Waals surface area contributed by atoms with Gasteiger partial charge >= 0.3 is 0 Å². The van der Waals surface area contributed by atoms with Crippen LogP contribution in [0.4, 0.5) is 0 Å². The quantitative estimate of drug-likeness (QED) is 0.759.